The molecule has 0 unspecified atom stereocenters. The Morgan fingerprint density at radius 1 is 1.11 bits per heavy atom. The summed E-state index contributed by atoms with van der Waals surface area (Å²) in [5.74, 6) is 1.47. The Hall–Kier alpha value is -1.22. The van der Waals surface area contributed by atoms with Crippen molar-refractivity contribution >= 4 is 5.69 Å². The van der Waals surface area contributed by atoms with Crippen LogP contribution in [0.1, 0.15) is 31.4 Å². The Kier molecular flexibility index (Phi) is 5.99. The van der Waals surface area contributed by atoms with Crippen LogP contribution in [0.3, 0.4) is 0 Å². The van der Waals surface area contributed by atoms with Gasteiger partial charge in [-0.25, -0.2) is 0 Å². The minimum Gasteiger partial charge on any atom is -0.489 e. The Balaban J connectivity index is 2.31. The molecular formula is C15H25NO2. The number of hydrogen-bond donors (Lipinski definition) is 1. The Labute approximate surface area is 110 Å². The highest BCUT2D eigenvalue weighted by Gasteiger charge is 2.05. The number of ether oxygens (including phenoxy) is 2. The zero-order valence-corrected chi connectivity index (χ0v) is 12.0. The van der Waals surface area contributed by atoms with Gasteiger partial charge in [0.25, 0.3) is 0 Å². The third-order valence-corrected chi connectivity index (χ3v) is 2.76. The standard InChI is InChI=1S/C15H25NO2/c1-11(2)5-6-17-7-8-18-15-13(4)9-12(3)10-14(15)16/h9-11H,5-8,16H2,1-4H3. The third kappa shape index (κ3) is 4.96. The van der Waals surface area contributed by atoms with Crippen molar-refractivity contribution in [3.63, 3.8) is 0 Å². The van der Waals surface area contributed by atoms with E-state index in [9.17, 15) is 0 Å². The number of rotatable bonds is 7. The summed E-state index contributed by atoms with van der Waals surface area (Å²) in [6.07, 6.45) is 1.09. The third-order valence-electron chi connectivity index (χ3n) is 2.76. The second-order valence-electron chi connectivity index (χ2n) is 5.14. The summed E-state index contributed by atoms with van der Waals surface area (Å²) in [7, 11) is 0. The van der Waals surface area contributed by atoms with Gasteiger partial charge >= 0.3 is 0 Å². The van der Waals surface area contributed by atoms with E-state index >= 15 is 0 Å². The van der Waals surface area contributed by atoms with Crippen molar-refractivity contribution in [2.45, 2.75) is 34.1 Å². The molecule has 0 saturated carbocycles. The second-order valence-corrected chi connectivity index (χ2v) is 5.14. The van der Waals surface area contributed by atoms with Crippen LogP contribution in [0.15, 0.2) is 12.1 Å². The summed E-state index contributed by atoms with van der Waals surface area (Å²) < 4.78 is 11.2. The number of nitrogens with two attached hydrogens (primary N) is 1. The minimum absolute atomic E-state index is 0.548. The first-order valence-corrected chi connectivity index (χ1v) is 6.58. The maximum atomic E-state index is 5.94. The van der Waals surface area contributed by atoms with Crippen molar-refractivity contribution in [2.75, 3.05) is 25.6 Å². The van der Waals surface area contributed by atoms with Gasteiger partial charge in [0.15, 0.2) is 0 Å². The number of benzene rings is 1. The molecule has 1 aromatic carbocycles. The molecule has 0 bridgehead atoms. The van der Waals surface area contributed by atoms with Crippen LogP contribution in [0.2, 0.25) is 0 Å². The zero-order valence-electron chi connectivity index (χ0n) is 12.0. The lowest BCUT2D eigenvalue weighted by Crippen LogP contribution is -2.10. The highest BCUT2D eigenvalue weighted by molar-refractivity contribution is 5.58. The largest absolute Gasteiger partial charge is 0.489 e. The molecule has 102 valence electrons. The van der Waals surface area contributed by atoms with E-state index in [0.29, 0.717) is 24.8 Å². The van der Waals surface area contributed by atoms with Crippen LogP contribution < -0.4 is 10.5 Å². The number of nitrogen functional groups attached to an aromatic ring is 1. The Morgan fingerprint density at radius 3 is 2.44 bits per heavy atom. The van der Waals surface area contributed by atoms with Crippen molar-refractivity contribution < 1.29 is 9.47 Å². The molecule has 0 atom stereocenters. The SMILES string of the molecule is Cc1cc(C)c(OCCOCCC(C)C)c(N)c1. The zero-order chi connectivity index (χ0) is 13.5. The molecule has 0 aliphatic carbocycles. The lowest BCUT2D eigenvalue weighted by Gasteiger charge is -2.13. The molecule has 0 spiro atoms. The summed E-state index contributed by atoms with van der Waals surface area (Å²) in [6.45, 7) is 10.4. The van der Waals surface area contributed by atoms with E-state index in [1.807, 2.05) is 19.9 Å². The first kappa shape index (κ1) is 14.8. The van der Waals surface area contributed by atoms with Crippen molar-refractivity contribution in [3.8, 4) is 5.75 Å². The fourth-order valence-corrected chi connectivity index (χ4v) is 1.81. The molecule has 0 radical (unpaired) electrons. The highest BCUT2D eigenvalue weighted by Crippen LogP contribution is 2.27. The van der Waals surface area contributed by atoms with Gasteiger partial charge in [-0.2, -0.15) is 0 Å². The summed E-state index contributed by atoms with van der Waals surface area (Å²) in [5, 5.41) is 0. The van der Waals surface area contributed by atoms with Crippen molar-refractivity contribution in [3.05, 3.63) is 23.3 Å². The molecule has 3 nitrogen and oxygen atoms in total. The van der Waals surface area contributed by atoms with Crippen LogP contribution in [0, 0.1) is 19.8 Å². The van der Waals surface area contributed by atoms with Crippen LogP contribution in [0.5, 0.6) is 5.75 Å². The van der Waals surface area contributed by atoms with Crippen molar-refractivity contribution in [1.82, 2.24) is 0 Å². The molecule has 1 aromatic rings. The monoisotopic (exact) mass is 251 g/mol. The lowest BCUT2D eigenvalue weighted by molar-refractivity contribution is 0.0926. The maximum absolute atomic E-state index is 5.94. The number of aryl methyl sites for hydroxylation is 2. The van der Waals surface area contributed by atoms with E-state index in [2.05, 4.69) is 19.9 Å². The molecular weight excluding hydrogens is 226 g/mol. The molecule has 0 saturated heterocycles. The summed E-state index contributed by atoms with van der Waals surface area (Å²) >= 11 is 0. The van der Waals surface area contributed by atoms with Gasteiger partial charge in [0.2, 0.25) is 0 Å². The van der Waals surface area contributed by atoms with Gasteiger partial charge in [0, 0.05) is 6.61 Å². The maximum Gasteiger partial charge on any atom is 0.145 e. The summed E-state index contributed by atoms with van der Waals surface area (Å²) in [5.41, 5.74) is 8.88. The molecule has 0 fully saturated rings. The van der Waals surface area contributed by atoms with Crippen molar-refractivity contribution in [1.29, 1.82) is 0 Å². The van der Waals surface area contributed by atoms with Crippen LogP contribution in [0.25, 0.3) is 0 Å². The smallest absolute Gasteiger partial charge is 0.145 e. The number of hydrogen-bond acceptors (Lipinski definition) is 3. The molecule has 0 aromatic heterocycles. The molecule has 2 N–H and O–H groups in total. The van der Waals surface area contributed by atoms with Gasteiger partial charge in [0.1, 0.15) is 12.4 Å². The van der Waals surface area contributed by atoms with Crippen LogP contribution in [0.4, 0.5) is 5.69 Å². The minimum atomic E-state index is 0.548. The first-order chi connectivity index (χ1) is 8.50. The average Bonchev–Trinajstić information content (AvgIpc) is 2.25. The van der Waals surface area contributed by atoms with Gasteiger partial charge in [-0.3, -0.25) is 0 Å². The predicted molar refractivity (Wildman–Crippen MR) is 76.1 cm³/mol. The van der Waals surface area contributed by atoms with Crippen LogP contribution in [-0.4, -0.2) is 19.8 Å². The van der Waals surface area contributed by atoms with Gasteiger partial charge in [-0.05, 0) is 43.4 Å². The normalized spacial score (nSPS) is 10.9. The van der Waals surface area contributed by atoms with Crippen LogP contribution in [-0.2, 0) is 4.74 Å². The fourth-order valence-electron chi connectivity index (χ4n) is 1.81. The lowest BCUT2D eigenvalue weighted by atomic mass is 10.1. The first-order valence-electron chi connectivity index (χ1n) is 6.58. The highest BCUT2D eigenvalue weighted by atomic mass is 16.5. The number of anilines is 1. The van der Waals surface area contributed by atoms with Gasteiger partial charge in [-0.15, -0.1) is 0 Å². The molecule has 0 amide bonds. The predicted octanol–water partition coefficient (Wildman–Crippen LogP) is 3.33. The molecule has 0 aliphatic rings. The van der Waals surface area contributed by atoms with Gasteiger partial charge < -0.3 is 15.2 Å². The quantitative estimate of drug-likeness (QED) is 0.597. The Morgan fingerprint density at radius 2 is 1.83 bits per heavy atom. The summed E-state index contributed by atoms with van der Waals surface area (Å²) in [6, 6.07) is 4.01. The molecule has 0 aliphatic heterocycles. The Bertz CT molecular complexity index is 352. The fraction of sp³-hybridized carbons (Fsp3) is 0.600. The average molecular weight is 251 g/mol. The molecule has 3 heteroatoms. The molecule has 18 heavy (non-hydrogen) atoms. The summed E-state index contributed by atoms with van der Waals surface area (Å²) in [4.78, 5) is 0. The van der Waals surface area contributed by atoms with Gasteiger partial charge in [0.05, 0.1) is 12.3 Å². The van der Waals surface area contributed by atoms with E-state index in [1.165, 1.54) is 0 Å². The van der Waals surface area contributed by atoms with Crippen molar-refractivity contribution in [2.24, 2.45) is 5.92 Å². The van der Waals surface area contributed by atoms with E-state index in [-0.39, 0.29) is 0 Å². The van der Waals surface area contributed by atoms with Crippen LogP contribution >= 0.6 is 0 Å². The van der Waals surface area contributed by atoms with E-state index < -0.39 is 0 Å². The molecule has 0 heterocycles. The van der Waals surface area contributed by atoms with E-state index in [0.717, 1.165) is 29.9 Å². The van der Waals surface area contributed by atoms with E-state index in [1.54, 1.807) is 0 Å². The van der Waals surface area contributed by atoms with Gasteiger partial charge in [-0.1, -0.05) is 19.9 Å². The topological polar surface area (TPSA) is 44.5 Å². The molecule has 1 rings (SSSR count). The second kappa shape index (κ2) is 7.27. The van der Waals surface area contributed by atoms with E-state index in [4.69, 9.17) is 15.2 Å².